The van der Waals surface area contributed by atoms with Crippen molar-refractivity contribution in [3.05, 3.63) is 64.9 Å². The number of carbonyl (C=O) groups excluding carboxylic acids is 2. The Bertz CT molecular complexity index is 1050. The molecule has 0 radical (unpaired) electrons. The minimum absolute atomic E-state index is 0.0000509. The van der Waals surface area contributed by atoms with Gasteiger partial charge in [-0.2, -0.15) is 0 Å². The van der Waals surface area contributed by atoms with Crippen LogP contribution in [0.1, 0.15) is 25.8 Å². The van der Waals surface area contributed by atoms with Crippen LogP contribution < -0.4 is 9.62 Å². The predicted octanol–water partition coefficient (Wildman–Crippen LogP) is 3.19. The summed E-state index contributed by atoms with van der Waals surface area (Å²) in [6.45, 7) is 3.36. The first kappa shape index (κ1) is 25.6. The SMILES string of the molecule is CCCNC(=O)[C@@H](C)N(Cc1ccc(F)cc1)C(=O)CN(c1ccccc1Cl)S(C)(=O)=O. The zero-order chi connectivity index (χ0) is 23.9. The second-order valence-electron chi connectivity index (χ2n) is 7.34. The van der Waals surface area contributed by atoms with E-state index in [-0.39, 0.29) is 23.2 Å². The van der Waals surface area contributed by atoms with E-state index >= 15 is 0 Å². The lowest BCUT2D eigenvalue weighted by molar-refractivity contribution is -0.139. The minimum Gasteiger partial charge on any atom is -0.354 e. The van der Waals surface area contributed by atoms with Crippen molar-refractivity contribution in [2.24, 2.45) is 0 Å². The molecule has 0 saturated heterocycles. The highest BCUT2D eigenvalue weighted by molar-refractivity contribution is 7.92. The molecule has 0 spiro atoms. The van der Waals surface area contributed by atoms with Crippen LogP contribution in [0.5, 0.6) is 0 Å². The molecule has 2 rings (SSSR count). The highest BCUT2D eigenvalue weighted by Gasteiger charge is 2.30. The van der Waals surface area contributed by atoms with E-state index in [1.54, 1.807) is 19.1 Å². The Balaban J connectivity index is 2.37. The van der Waals surface area contributed by atoms with E-state index in [2.05, 4.69) is 5.32 Å². The topological polar surface area (TPSA) is 86.8 Å². The standard InChI is InChI=1S/C22H27ClFN3O4S/c1-4-13-25-22(29)16(2)26(14-17-9-11-18(24)12-10-17)21(28)15-27(32(3,30)31)20-8-6-5-7-19(20)23/h5-12,16H,4,13-15H2,1-3H3,(H,25,29)/t16-/m1/s1. The van der Waals surface area contributed by atoms with Crippen LogP contribution in [0.15, 0.2) is 48.5 Å². The summed E-state index contributed by atoms with van der Waals surface area (Å²) in [5.74, 6) is -1.40. The van der Waals surface area contributed by atoms with Crippen molar-refractivity contribution >= 4 is 39.1 Å². The molecule has 0 aliphatic carbocycles. The van der Waals surface area contributed by atoms with Gasteiger partial charge in [-0.15, -0.1) is 0 Å². The van der Waals surface area contributed by atoms with Crippen molar-refractivity contribution in [3.63, 3.8) is 0 Å². The maximum absolute atomic E-state index is 13.3. The van der Waals surface area contributed by atoms with Crippen LogP contribution in [0.2, 0.25) is 5.02 Å². The zero-order valence-electron chi connectivity index (χ0n) is 18.2. The molecule has 174 valence electrons. The number of sulfonamides is 1. The molecule has 2 aromatic carbocycles. The lowest BCUT2D eigenvalue weighted by atomic mass is 10.1. The third-order valence-corrected chi connectivity index (χ3v) is 6.23. The van der Waals surface area contributed by atoms with Gasteiger partial charge in [0.2, 0.25) is 21.8 Å². The molecule has 7 nitrogen and oxygen atoms in total. The smallest absolute Gasteiger partial charge is 0.244 e. The van der Waals surface area contributed by atoms with E-state index in [1.165, 1.54) is 41.3 Å². The van der Waals surface area contributed by atoms with Gasteiger partial charge in [-0.3, -0.25) is 13.9 Å². The maximum atomic E-state index is 13.3. The van der Waals surface area contributed by atoms with Crippen LogP contribution in [0.25, 0.3) is 0 Å². The van der Waals surface area contributed by atoms with Crippen LogP contribution in [0, 0.1) is 5.82 Å². The van der Waals surface area contributed by atoms with E-state index in [0.29, 0.717) is 12.1 Å². The van der Waals surface area contributed by atoms with Gasteiger partial charge in [0.25, 0.3) is 0 Å². The number of amides is 2. The molecule has 1 N–H and O–H groups in total. The molecule has 0 aliphatic rings. The number of rotatable bonds is 10. The number of benzene rings is 2. The van der Waals surface area contributed by atoms with E-state index < -0.39 is 34.3 Å². The molecule has 0 aromatic heterocycles. The fourth-order valence-corrected chi connectivity index (χ4v) is 4.16. The molecule has 10 heteroatoms. The van der Waals surface area contributed by atoms with Gasteiger partial charge < -0.3 is 10.2 Å². The van der Waals surface area contributed by atoms with Crippen molar-refractivity contribution in [2.45, 2.75) is 32.9 Å². The summed E-state index contributed by atoms with van der Waals surface area (Å²) in [5, 5.41) is 2.91. The van der Waals surface area contributed by atoms with Gasteiger partial charge in [0.1, 0.15) is 18.4 Å². The van der Waals surface area contributed by atoms with Crippen molar-refractivity contribution in [1.82, 2.24) is 10.2 Å². The van der Waals surface area contributed by atoms with Gasteiger partial charge in [-0.25, -0.2) is 12.8 Å². The van der Waals surface area contributed by atoms with E-state index in [4.69, 9.17) is 11.6 Å². The lowest BCUT2D eigenvalue weighted by Gasteiger charge is -2.31. The van der Waals surface area contributed by atoms with Gasteiger partial charge in [-0.05, 0) is 43.2 Å². The lowest BCUT2D eigenvalue weighted by Crippen LogP contribution is -2.51. The van der Waals surface area contributed by atoms with Crippen LogP contribution in [0.4, 0.5) is 10.1 Å². The van der Waals surface area contributed by atoms with Crippen molar-refractivity contribution in [1.29, 1.82) is 0 Å². The van der Waals surface area contributed by atoms with E-state index in [1.807, 2.05) is 6.92 Å². The molecule has 2 amide bonds. The Labute approximate surface area is 193 Å². The van der Waals surface area contributed by atoms with Crippen LogP contribution in [-0.2, 0) is 26.2 Å². The Hall–Kier alpha value is -2.65. The average molecular weight is 484 g/mol. The number of anilines is 1. The van der Waals surface area contributed by atoms with Gasteiger partial charge in [0.05, 0.1) is 17.0 Å². The van der Waals surface area contributed by atoms with Crippen LogP contribution in [0.3, 0.4) is 0 Å². The number of nitrogens with zero attached hydrogens (tertiary/aromatic N) is 2. The number of hydrogen-bond donors (Lipinski definition) is 1. The second-order valence-corrected chi connectivity index (χ2v) is 9.65. The first-order valence-electron chi connectivity index (χ1n) is 10.1. The molecule has 0 bridgehead atoms. The molecule has 0 heterocycles. The predicted molar refractivity (Wildman–Crippen MR) is 123 cm³/mol. The molecular weight excluding hydrogens is 457 g/mol. The summed E-state index contributed by atoms with van der Waals surface area (Å²) in [4.78, 5) is 27.2. The molecule has 0 aliphatic heterocycles. The van der Waals surface area contributed by atoms with Crippen molar-refractivity contribution < 1.29 is 22.4 Å². The molecule has 0 unspecified atom stereocenters. The molecule has 1 atom stereocenters. The summed E-state index contributed by atoms with van der Waals surface area (Å²) < 4.78 is 39.1. The van der Waals surface area contributed by atoms with Gasteiger partial charge >= 0.3 is 0 Å². The van der Waals surface area contributed by atoms with Crippen molar-refractivity contribution in [3.8, 4) is 0 Å². The average Bonchev–Trinajstić information content (AvgIpc) is 2.74. The van der Waals surface area contributed by atoms with Gasteiger partial charge in [-0.1, -0.05) is 42.8 Å². The minimum atomic E-state index is -3.86. The Morgan fingerprint density at radius 1 is 1.12 bits per heavy atom. The molecule has 0 fully saturated rings. The summed E-state index contributed by atoms with van der Waals surface area (Å²) in [5.41, 5.74) is 0.758. The fourth-order valence-electron chi connectivity index (χ4n) is 3.01. The Morgan fingerprint density at radius 2 is 1.75 bits per heavy atom. The van der Waals surface area contributed by atoms with Gasteiger partial charge in [0, 0.05) is 13.1 Å². The summed E-state index contributed by atoms with van der Waals surface area (Å²) in [6, 6.07) is 10.9. The van der Waals surface area contributed by atoms with Crippen LogP contribution in [-0.4, -0.2) is 50.5 Å². The van der Waals surface area contributed by atoms with Crippen LogP contribution >= 0.6 is 11.6 Å². The van der Waals surface area contributed by atoms with Crippen molar-refractivity contribution in [2.75, 3.05) is 23.7 Å². The molecule has 0 saturated carbocycles. The zero-order valence-corrected chi connectivity index (χ0v) is 19.8. The number of halogens is 2. The monoisotopic (exact) mass is 483 g/mol. The number of carbonyl (C=O) groups is 2. The second kappa shape index (κ2) is 11.3. The molecule has 32 heavy (non-hydrogen) atoms. The number of nitrogens with one attached hydrogen (secondary N) is 1. The highest BCUT2D eigenvalue weighted by atomic mass is 35.5. The normalized spacial score (nSPS) is 12.2. The highest BCUT2D eigenvalue weighted by Crippen LogP contribution is 2.27. The number of hydrogen-bond acceptors (Lipinski definition) is 4. The fraction of sp³-hybridized carbons (Fsp3) is 0.364. The Morgan fingerprint density at radius 3 is 2.31 bits per heavy atom. The largest absolute Gasteiger partial charge is 0.354 e. The molecular formula is C22H27ClFN3O4S. The third-order valence-electron chi connectivity index (χ3n) is 4.78. The van der Waals surface area contributed by atoms with E-state index in [9.17, 15) is 22.4 Å². The third kappa shape index (κ3) is 6.93. The summed E-state index contributed by atoms with van der Waals surface area (Å²) in [7, 11) is -3.86. The Kier molecular flexibility index (Phi) is 9.03. The van der Waals surface area contributed by atoms with Gasteiger partial charge in [0.15, 0.2) is 0 Å². The van der Waals surface area contributed by atoms with E-state index in [0.717, 1.165) is 17.0 Å². The first-order valence-corrected chi connectivity index (χ1v) is 12.3. The summed E-state index contributed by atoms with van der Waals surface area (Å²) >= 11 is 6.17. The quantitative estimate of drug-likeness (QED) is 0.562. The number of para-hydroxylation sites is 1. The summed E-state index contributed by atoms with van der Waals surface area (Å²) in [6.07, 6.45) is 1.70. The first-order chi connectivity index (χ1) is 15.0. The maximum Gasteiger partial charge on any atom is 0.244 e. The molecule has 2 aromatic rings.